The Balaban J connectivity index is 1.98. The highest BCUT2D eigenvalue weighted by Crippen LogP contribution is 2.42. The highest BCUT2D eigenvalue weighted by molar-refractivity contribution is 6.46. The zero-order chi connectivity index (χ0) is 27.7. The van der Waals surface area contributed by atoms with Crippen molar-refractivity contribution < 1.29 is 24.5 Å². The molecule has 0 saturated carbocycles. The number of carbonyl (C=O) groups excluding carboxylic acids is 2. The SMILES string of the molecule is CCCCN(CCCC)CCCN1C(=O)C(=O)/C(=C(\O)c2ccc(Cl)cc2)C1c1ccc(O)c(OCC)c1. The Kier molecular flexibility index (Phi) is 11.0. The van der Waals surface area contributed by atoms with Gasteiger partial charge >= 0.3 is 0 Å². The van der Waals surface area contributed by atoms with Crippen LogP contribution in [0, 0.1) is 0 Å². The molecule has 0 spiro atoms. The zero-order valence-electron chi connectivity index (χ0n) is 22.6. The van der Waals surface area contributed by atoms with Crippen LogP contribution in [-0.4, -0.2) is 64.5 Å². The second-order valence-electron chi connectivity index (χ2n) is 9.56. The lowest BCUT2D eigenvalue weighted by Crippen LogP contribution is -2.34. The number of nitrogens with zero attached hydrogens (tertiary/aromatic N) is 2. The van der Waals surface area contributed by atoms with Crippen LogP contribution in [0.25, 0.3) is 5.76 Å². The molecule has 2 aromatic carbocycles. The number of unbranched alkanes of at least 4 members (excludes halogenated alkanes) is 2. The molecule has 3 rings (SSSR count). The molecular weight excluding hydrogens is 504 g/mol. The molecule has 1 saturated heterocycles. The standard InChI is InChI=1S/C30H39ClN2O5/c1-4-7-16-32(17-8-5-2)18-9-19-33-27(22-12-15-24(34)25(20-22)38-6-3)26(29(36)30(33)37)28(35)21-10-13-23(31)14-11-21/h10-15,20,27,34-35H,4-9,16-19H2,1-3H3/b28-26-. The summed E-state index contributed by atoms with van der Waals surface area (Å²) in [7, 11) is 0. The van der Waals surface area contributed by atoms with Crippen LogP contribution in [0.4, 0.5) is 0 Å². The van der Waals surface area contributed by atoms with Gasteiger partial charge in [-0.15, -0.1) is 0 Å². The molecule has 1 fully saturated rings. The Morgan fingerprint density at radius 1 is 0.974 bits per heavy atom. The number of phenolic OH excluding ortho intramolecular Hbond substituents is 1. The number of carbonyl (C=O) groups is 2. The van der Waals surface area contributed by atoms with Gasteiger partial charge in [-0.25, -0.2) is 0 Å². The number of ketones is 1. The van der Waals surface area contributed by atoms with E-state index in [0.717, 1.165) is 45.3 Å². The largest absolute Gasteiger partial charge is 0.507 e. The molecule has 7 nitrogen and oxygen atoms in total. The van der Waals surface area contributed by atoms with Crippen molar-refractivity contribution in [1.82, 2.24) is 9.80 Å². The van der Waals surface area contributed by atoms with Crippen LogP contribution in [-0.2, 0) is 9.59 Å². The van der Waals surface area contributed by atoms with Gasteiger partial charge < -0.3 is 24.7 Å². The van der Waals surface area contributed by atoms with Crippen molar-refractivity contribution in [2.75, 3.05) is 32.8 Å². The van der Waals surface area contributed by atoms with Gasteiger partial charge in [-0.2, -0.15) is 0 Å². The Hall–Kier alpha value is -3.03. The molecule has 1 amide bonds. The summed E-state index contributed by atoms with van der Waals surface area (Å²) in [6.07, 6.45) is 5.15. The number of benzene rings is 2. The van der Waals surface area contributed by atoms with E-state index in [1.807, 2.05) is 6.92 Å². The van der Waals surface area contributed by atoms with E-state index in [1.54, 1.807) is 36.4 Å². The third-order valence-corrected chi connectivity index (χ3v) is 7.04. The van der Waals surface area contributed by atoms with Crippen LogP contribution in [0.1, 0.15) is 70.0 Å². The smallest absolute Gasteiger partial charge is 0.295 e. The lowest BCUT2D eigenvalue weighted by atomic mass is 9.95. The molecule has 0 aliphatic carbocycles. The first-order valence-electron chi connectivity index (χ1n) is 13.5. The molecule has 1 unspecified atom stereocenters. The second-order valence-corrected chi connectivity index (χ2v) is 10.00. The lowest BCUT2D eigenvalue weighted by Gasteiger charge is -2.28. The Labute approximate surface area is 230 Å². The predicted molar refractivity (Wildman–Crippen MR) is 151 cm³/mol. The summed E-state index contributed by atoms with van der Waals surface area (Å²) < 4.78 is 5.57. The van der Waals surface area contributed by atoms with E-state index in [2.05, 4.69) is 18.7 Å². The van der Waals surface area contributed by atoms with Gasteiger partial charge in [-0.05, 0) is 87.8 Å². The number of hydrogen-bond acceptors (Lipinski definition) is 6. The van der Waals surface area contributed by atoms with E-state index in [0.29, 0.717) is 35.7 Å². The van der Waals surface area contributed by atoms with Crippen molar-refractivity contribution in [3.63, 3.8) is 0 Å². The minimum Gasteiger partial charge on any atom is -0.507 e. The summed E-state index contributed by atoms with van der Waals surface area (Å²) in [6, 6.07) is 10.4. The molecule has 2 aromatic rings. The minimum atomic E-state index is -0.815. The third-order valence-electron chi connectivity index (χ3n) is 6.79. The van der Waals surface area contributed by atoms with Gasteiger partial charge in [-0.3, -0.25) is 9.59 Å². The molecule has 8 heteroatoms. The maximum Gasteiger partial charge on any atom is 0.295 e. The first-order valence-corrected chi connectivity index (χ1v) is 13.9. The number of rotatable bonds is 14. The molecule has 0 bridgehead atoms. The maximum absolute atomic E-state index is 13.3. The summed E-state index contributed by atoms with van der Waals surface area (Å²) in [5, 5.41) is 22.0. The average molecular weight is 543 g/mol. The number of aliphatic hydroxyl groups excluding tert-OH is 1. The van der Waals surface area contributed by atoms with Crippen LogP contribution in [0.15, 0.2) is 48.0 Å². The van der Waals surface area contributed by atoms with Crippen molar-refractivity contribution >= 4 is 29.1 Å². The molecule has 2 N–H and O–H groups in total. The first-order chi connectivity index (χ1) is 18.3. The van der Waals surface area contributed by atoms with Gasteiger partial charge in [0.15, 0.2) is 11.5 Å². The number of ether oxygens (including phenoxy) is 1. The van der Waals surface area contributed by atoms with E-state index in [4.69, 9.17) is 16.3 Å². The van der Waals surface area contributed by atoms with Crippen LogP contribution in [0.3, 0.4) is 0 Å². The van der Waals surface area contributed by atoms with E-state index in [1.165, 1.54) is 11.0 Å². The van der Waals surface area contributed by atoms with Gasteiger partial charge in [0.2, 0.25) is 0 Å². The van der Waals surface area contributed by atoms with Crippen LogP contribution in [0.5, 0.6) is 11.5 Å². The summed E-state index contributed by atoms with van der Waals surface area (Å²) in [6.45, 7) is 9.67. The number of Topliss-reactive ketones (excluding diaryl/α,β-unsaturated/α-hetero) is 1. The fourth-order valence-corrected chi connectivity index (χ4v) is 4.88. The maximum atomic E-state index is 13.3. The van der Waals surface area contributed by atoms with Gasteiger partial charge in [0.05, 0.1) is 18.2 Å². The number of halogens is 1. The van der Waals surface area contributed by atoms with E-state index in [9.17, 15) is 19.8 Å². The molecule has 206 valence electrons. The Morgan fingerprint density at radius 2 is 1.61 bits per heavy atom. The predicted octanol–water partition coefficient (Wildman–Crippen LogP) is 6.16. The van der Waals surface area contributed by atoms with Crippen LogP contribution >= 0.6 is 11.6 Å². The molecule has 0 aromatic heterocycles. The topological polar surface area (TPSA) is 90.3 Å². The number of aromatic hydroxyl groups is 1. The summed E-state index contributed by atoms with van der Waals surface area (Å²) in [5.74, 6) is -1.42. The molecule has 0 radical (unpaired) electrons. The van der Waals surface area contributed by atoms with Crippen LogP contribution in [0.2, 0.25) is 5.02 Å². The number of aliphatic hydroxyl groups is 1. The quantitative estimate of drug-likeness (QED) is 0.169. The van der Waals surface area contributed by atoms with E-state index < -0.39 is 17.7 Å². The highest BCUT2D eigenvalue weighted by Gasteiger charge is 2.46. The number of phenols is 1. The van der Waals surface area contributed by atoms with Crippen LogP contribution < -0.4 is 4.74 Å². The lowest BCUT2D eigenvalue weighted by molar-refractivity contribution is -0.140. The fraction of sp³-hybridized carbons (Fsp3) is 0.467. The second kappa shape index (κ2) is 14.2. The van der Waals surface area contributed by atoms with Gasteiger partial charge in [-0.1, -0.05) is 44.4 Å². The normalized spacial score (nSPS) is 17.0. The summed E-state index contributed by atoms with van der Waals surface area (Å²) in [5.41, 5.74) is 0.987. The monoisotopic (exact) mass is 542 g/mol. The minimum absolute atomic E-state index is 0.0132. The zero-order valence-corrected chi connectivity index (χ0v) is 23.3. The first kappa shape index (κ1) is 29.5. The summed E-state index contributed by atoms with van der Waals surface area (Å²) in [4.78, 5) is 30.6. The van der Waals surface area contributed by atoms with Crippen molar-refractivity contribution in [2.24, 2.45) is 0 Å². The number of likely N-dealkylation sites (tertiary alicyclic amines) is 1. The molecule has 1 atom stereocenters. The van der Waals surface area contributed by atoms with E-state index >= 15 is 0 Å². The van der Waals surface area contributed by atoms with Gasteiger partial charge in [0, 0.05) is 17.1 Å². The highest BCUT2D eigenvalue weighted by atomic mass is 35.5. The van der Waals surface area contributed by atoms with Gasteiger partial charge in [0.1, 0.15) is 5.76 Å². The molecule has 1 aliphatic rings. The Morgan fingerprint density at radius 3 is 2.21 bits per heavy atom. The molecule has 1 aliphatic heterocycles. The average Bonchev–Trinajstić information content (AvgIpc) is 3.16. The Bertz CT molecular complexity index is 1120. The fourth-order valence-electron chi connectivity index (χ4n) is 4.76. The third kappa shape index (κ3) is 7.08. The molecule has 38 heavy (non-hydrogen) atoms. The molecular formula is C30H39ClN2O5. The number of amides is 1. The number of hydrogen-bond donors (Lipinski definition) is 2. The summed E-state index contributed by atoms with van der Waals surface area (Å²) >= 11 is 6.02. The van der Waals surface area contributed by atoms with Crippen molar-refractivity contribution in [3.8, 4) is 11.5 Å². The van der Waals surface area contributed by atoms with Crippen molar-refractivity contribution in [1.29, 1.82) is 0 Å². The van der Waals surface area contributed by atoms with Crippen molar-refractivity contribution in [3.05, 3.63) is 64.2 Å². The van der Waals surface area contributed by atoms with E-state index in [-0.39, 0.29) is 22.8 Å². The molecule has 1 heterocycles. The van der Waals surface area contributed by atoms with Gasteiger partial charge in [0.25, 0.3) is 11.7 Å². The van der Waals surface area contributed by atoms with Crippen molar-refractivity contribution in [2.45, 2.75) is 58.9 Å².